The third-order valence-electron chi connectivity index (χ3n) is 1.21. The van der Waals surface area contributed by atoms with Gasteiger partial charge in [0.25, 0.3) is 0 Å². The lowest BCUT2D eigenvalue weighted by atomic mass is 10.2. The van der Waals surface area contributed by atoms with E-state index in [4.69, 9.17) is 5.84 Å². The fraction of sp³-hybridized carbons (Fsp3) is 0.600. The molecule has 0 aliphatic rings. The van der Waals surface area contributed by atoms with E-state index in [0.29, 0.717) is 5.82 Å². The van der Waals surface area contributed by atoms with Gasteiger partial charge in [0.1, 0.15) is 5.82 Å². The van der Waals surface area contributed by atoms with E-state index in [1.165, 1.54) is 0 Å². The molecule has 0 amide bonds. The zero-order chi connectivity index (χ0) is 7.72. The number of aromatic nitrogens is 3. The van der Waals surface area contributed by atoms with Crippen molar-refractivity contribution in [3.63, 3.8) is 0 Å². The molecule has 10 heavy (non-hydrogen) atoms. The highest BCUT2D eigenvalue weighted by Crippen LogP contribution is 2.03. The van der Waals surface area contributed by atoms with Gasteiger partial charge in [0.2, 0.25) is 0 Å². The third kappa shape index (κ3) is 1.02. The lowest BCUT2D eigenvalue weighted by Crippen LogP contribution is -2.25. The first-order valence-corrected chi connectivity index (χ1v) is 3.05. The maximum atomic E-state index is 10.7. The second kappa shape index (κ2) is 2.17. The van der Waals surface area contributed by atoms with Crippen LogP contribution < -0.4 is 11.5 Å². The van der Waals surface area contributed by atoms with Crippen molar-refractivity contribution in [3.8, 4) is 0 Å². The zero-order valence-corrected chi connectivity index (χ0v) is 5.96. The van der Waals surface area contributed by atoms with Crippen LogP contribution in [0.25, 0.3) is 0 Å². The molecule has 1 aromatic heterocycles. The molecule has 0 fully saturated rings. The first-order valence-electron chi connectivity index (χ1n) is 3.05. The molecule has 1 heterocycles. The lowest BCUT2D eigenvalue weighted by molar-refractivity contribution is 0.732. The molecule has 0 saturated heterocycles. The molecule has 0 radical (unpaired) electrons. The minimum atomic E-state index is -0.372. The number of nitrogens with two attached hydrogens (primary N) is 1. The third-order valence-corrected chi connectivity index (χ3v) is 1.21. The van der Waals surface area contributed by atoms with E-state index in [2.05, 4.69) is 10.1 Å². The van der Waals surface area contributed by atoms with Crippen LogP contribution in [-0.4, -0.2) is 14.9 Å². The van der Waals surface area contributed by atoms with Gasteiger partial charge in [0, 0.05) is 5.92 Å². The summed E-state index contributed by atoms with van der Waals surface area (Å²) < 4.78 is 0. The Bertz CT molecular complexity index is 271. The van der Waals surface area contributed by atoms with Gasteiger partial charge in [-0.25, -0.2) is 4.79 Å². The SMILES string of the molecule is CC(C)c1nn(N)c(=O)[nH]1. The van der Waals surface area contributed by atoms with E-state index in [0.717, 1.165) is 4.79 Å². The molecule has 0 aromatic carbocycles. The van der Waals surface area contributed by atoms with Gasteiger partial charge >= 0.3 is 5.69 Å². The van der Waals surface area contributed by atoms with Crippen molar-refractivity contribution < 1.29 is 0 Å². The van der Waals surface area contributed by atoms with Crippen LogP contribution in [0.4, 0.5) is 0 Å². The van der Waals surface area contributed by atoms with E-state index in [1.54, 1.807) is 0 Å². The van der Waals surface area contributed by atoms with Crippen molar-refractivity contribution in [3.05, 3.63) is 16.3 Å². The highest BCUT2D eigenvalue weighted by Gasteiger charge is 2.04. The Morgan fingerprint density at radius 2 is 2.30 bits per heavy atom. The van der Waals surface area contributed by atoms with Crippen molar-refractivity contribution in [2.45, 2.75) is 19.8 Å². The minimum Gasteiger partial charge on any atom is -0.318 e. The minimum absolute atomic E-state index is 0.206. The summed E-state index contributed by atoms with van der Waals surface area (Å²) in [5.74, 6) is 5.96. The lowest BCUT2D eigenvalue weighted by Gasteiger charge is -1.94. The van der Waals surface area contributed by atoms with Crippen molar-refractivity contribution in [1.82, 2.24) is 14.9 Å². The van der Waals surface area contributed by atoms with Crippen LogP contribution in [0.1, 0.15) is 25.6 Å². The molecule has 0 aliphatic heterocycles. The standard InChI is InChI=1S/C5H10N4O/c1-3(2)4-7-5(10)9(6)8-4/h3H,6H2,1-2H3,(H,7,8,10). The highest BCUT2D eigenvalue weighted by atomic mass is 16.2. The number of H-pyrrole nitrogens is 1. The number of rotatable bonds is 1. The van der Waals surface area contributed by atoms with E-state index in [1.807, 2.05) is 13.8 Å². The number of nitrogen functional groups attached to an aromatic ring is 1. The van der Waals surface area contributed by atoms with Crippen LogP contribution >= 0.6 is 0 Å². The topological polar surface area (TPSA) is 76.7 Å². The maximum Gasteiger partial charge on any atom is 0.362 e. The van der Waals surface area contributed by atoms with Gasteiger partial charge in [0.05, 0.1) is 0 Å². The Morgan fingerprint density at radius 1 is 1.70 bits per heavy atom. The number of hydrogen-bond acceptors (Lipinski definition) is 3. The smallest absolute Gasteiger partial charge is 0.318 e. The molecule has 0 saturated carbocycles. The average Bonchev–Trinajstić information content (AvgIpc) is 2.13. The van der Waals surface area contributed by atoms with Crippen LogP contribution in [0, 0.1) is 0 Å². The second-order valence-electron chi connectivity index (χ2n) is 2.41. The van der Waals surface area contributed by atoms with Gasteiger partial charge in [-0.15, -0.1) is 9.89 Å². The van der Waals surface area contributed by atoms with Gasteiger partial charge < -0.3 is 5.84 Å². The monoisotopic (exact) mass is 142 g/mol. The fourth-order valence-corrected chi connectivity index (χ4v) is 0.613. The molecule has 0 spiro atoms. The summed E-state index contributed by atoms with van der Waals surface area (Å²) in [4.78, 5) is 14.0. The number of nitrogens with zero attached hydrogens (tertiary/aromatic N) is 2. The summed E-state index contributed by atoms with van der Waals surface area (Å²) in [6.45, 7) is 3.86. The van der Waals surface area contributed by atoms with E-state index >= 15 is 0 Å². The summed E-state index contributed by atoms with van der Waals surface area (Å²) in [5, 5.41) is 3.74. The Hall–Kier alpha value is -1.26. The number of hydrogen-bond donors (Lipinski definition) is 2. The van der Waals surface area contributed by atoms with E-state index < -0.39 is 0 Å². The number of nitrogens with one attached hydrogen (secondary N) is 1. The molecule has 0 aliphatic carbocycles. The first kappa shape index (κ1) is 6.85. The zero-order valence-electron chi connectivity index (χ0n) is 5.96. The normalized spacial score (nSPS) is 10.7. The largest absolute Gasteiger partial charge is 0.362 e. The molecule has 5 heteroatoms. The van der Waals surface area contributed by atoms with Crippen LogP contribution in [0.3, 0.4) is 0 Å². The van der Waals surface area contributed by atoms with Crippen LogP contribution in [-0.2, 0) is 0 Å². The van der Waals surface area contributed by atoms with Crippen molar-refractivity contribution >= 4 is 0 Å². The molecular weight excluding hydrogens is 132 g/mol. The Labute approximate surface area is 57.8 Å². The molecule has 56 valence electrons. The Kier molecular flexibility index (Phi) is 1.48. The van der Waals surface area contributed by atoms with Gasteiger partial charge in [0.15, 0.2) is 0 Å². The molecule has 1 rings (SSSR count). The summed E-state index contributed by atoms with van der Waals surface area (Å²) in [6.07, 6.45) is 0. The fourth-order valence-electron chi connectivity index (χ4n) is 0.613. The van der Waals surface area contributed by atoms with Crippen molar-refractivity contribution in [2.24, 2.45) is 0 Å². The summed E-state index contributed by atoms with van der Waals surface area (Å²) in [6, 6.07) is 0. The highest BCUT2D eigenvalue weighted by molar-refractivity contribution is 4.88. The van der Waals surface area contributed by atoms with Crippen molar-refractivity contribution in [1.29, 1.82) is 0 Å². The van der Waals surface area contributed by atoms with Gasteiger partial charge in [-0.3, -0.25) is 4.98 Å². The van der Waals surface area contributed by atoms with Crippen LogP contribution in [0.2, 0.25) is 0 Å². The molecule has 0 bridgehead atoms. The summed E-state index contributed by atoms with van der Waals surface area (Å²) in [5.41, 5.74) is -0.372. The Balaban J connectivity index is 3.10. The molecular formula is C5H10N4O. The first-order chi connectivity index (χ1) is 4.61. The van der Waals surface area contributed by atoms with E-state index in [9.17, 15) is 4.79 Å². The summed E-state index contributed by atoms with van der Waals surface area (Å²) >= 11 is 0. The van der Waals surface area contributed by atoms with Gasteiger partial charge in [-0.1, -0.05) is 13.8 Å². The molecule has 0 unspecified atom stereocenters. The average molecular weight is 142 g/mol. The molecule has 5 nitrogen and oxygen atoms in total. The van der Waals surface area contributed by atoms with Gasteiger partial charge in [-0.05, 0) is 0 Å². The molecule has 1 aromatic rings. The van der Waals surface area contributed by atoms with Crippen LogP contribution in [0.5, 0.6) is 0 Å². The van der Waals surface area contributed by atoms with Crippen LogP contribution in [0.15, 0.2) is 4.79 Å². The van der Waals surface area contributed by atoms with Gasteiger partial charge in [-0.2, -0.15) is 0 Å². The second-order valence-corrected chi connectivity index (χ2v) is 2.41. The van der Waals surface area contributed by atoms with E-state index in [-0.39, 0.29) is 11.6 Å². The maximum absolute atomic E-state index is 10.7. The quantitative estimate of drug-likeness (QED) is 0.514. The predicted octanol–water partition coefficient (Wildman–Crippen LogP) is -0.591. The molecule has 0 atom stereocenters. The Morgan fingerprint density at radius 3 is 2.50 bits per heavy atom. The number of aromatic amines is 1. The predicted molar refractivity (Wildman–Crippen MR) is 37.1 cm³/mol. The summed E-state index contributed by atoms with van der Waals surface area (Å²) in [7, 11) is 0. The molecule has 3 N–H and O–H groups in total. The van der Waals surface area contributed by atoms with Crippen molar-refractivity contribution in [2.75, 3.05) is 5.84 Å².